The van der Waals surface area contributed by atoms with Crippen LogP contribution in [0.2, 0.25) is 0 Å². The Hall–Kier alpha value is -3.60. The van der Waals surface area contributed by atoms with Gasteiger partial charge in [-0.05, 0) is 52.8 Å². The highest BCUT2D eigenvalue weighted by atomic mass is 19.1. The van der Waals surface area contributed by atoms with Crippen molar-refractivity contribution < 1.29 is 4.39 Å². The van der Waals surface area contributed by atoms with E-state index in [9.17, 15) is 4.39 Å². The molecule has 1 aliphatic rings. The molecule has 0 saturated carbocycles. The molecule has 4 nitrogen and oxygen atoms in total. The maximum atomic E-state index is 14.2. The molecular formula is C23H19FN4. The summed E-state index contributed by atoms with van der Waals surface area (Å²) in [5.74, 6) is 4.93. The number of amidine groups is 1. The van der Waals surface area contributed by atoms with Gasteiger partial charge in [-0.3, -0.25) is 5.41 Å². The van der Waals surface area contributed by atoms with Crippen LogP contribution in [0.5, 0.6) is 0 Å². The third-order valence-corrected chi connectivity index (χ3v) is 4.94. The molecular weight excluding hydrogens is 351 g/mol. The van der Waals surface area contributed by atoms with Gasteiger partial charge in [0.1, 0.15) is 5.82 Å². The van der Waals surface area contributed by atoms with Crippen LogP contribution in [0.25, 0.3) is 17.2 Å². The standard InChI is InChI=1S/C23H19FN4/c24-22-8-4-2-6-18(22)13-15-11-16-5-1-3-7-20(16)21-14-19(23(25)27-28-26)10-9-17(21)12-15/h1-11,14H,12-13H2,(H3,25,26,27). The van der Waals surface area contributed by atoms with Crippen LogP contribution < -0.4 is 5.84 Å². The number of allylic oxidation sites excluding steroid dienone is 1. The summed E-state index contributed by atoms with van der Waals surface area (Å²) in [7, 11) is 0. The molecule has 0 fully saturated rings. The maximum Gasteiger partial charge on any atom is 0.176 e. The number of rotatable bonds is 3. The average Bonchev–Trinajstić information content (AvgIpc) is 2.86. The Bertz CT molecular complexity index is 1120. The van der Waals surface area contributed by atoms with Crippen molar-refractivity contribution in [1.29, 1.82) is 5.41 Å². The molecule has 0 saturated heterocycles. The first-order valence-electron chi connectivity index (χ1n) is 9.01. The van der Waals surface area contributed by atoms with Crippen LogP contribution in [0.15, 0.2) is 82.6 Å². The van der Waals surface area contributed by atoms with Gasteiger partial charge in [0.05, 0.1) is 0 Å². The van der Waals surface area contributed by atoms with E-state index in [2.05, 4.69) is 28.5 Å². The second-order valence-corrected chi connectivity index (χ2v) is 6.77. The second kappa shape index (κ2) is 7.56. The maximum absolute atomic E-state index is 14.2. The van der Waals surface area contributed by atoms with E-state index >= 15 is 0 Å². The van der Waals surface area contributed by atoms with Gasteiger partial charge >= 0.3 is 0 Å². The fourth-order valence-electron chi connectivity index (χ4n) is 3.63. The third-order valence-electron chi connectivity index (χ3n) is 4.94. The molecule has 5 heteroatoms. The van der Waals surface area contributed by atoms with E-state index < -0.39 is 0 Å². The number of nitrogens with two attached hydrogens (primary N) is 1. The molecule has 28 heavy (non-hydrogen) atoms. The molecule has 0 radical (unpaired) electrons. The third kappa shape index (κ3) is 3.47. The quantitative estimate of drug-likeness (QED) is 0.211. The molecule has 0 bridgehead atoms. The van der Waals surface area contributed by atoms with Crippen molar-refractivity contribution in [3.05, 3.63) is 100 Å². The SMILES string of the molecule is N=C(N=NN)c1ccc2c(c1)-c1ccccc1C=C(Cc1ccccc1F)C2. The zero-order chi connectivity index (χ0) is 19.5. The highest BCUT2D eigenvalue weighted by Gasteiger charge is 2.17. The summed E-state index contributed by atoms with van der Waals surface area (Å²) < 4.78 is 14.2. The molecule has 0 heterocycles. The largest absolute Gasteiger partial charge is 0.305 e. The number of fused-ring (bicyclic) bond motifs is 3. The van der Waals surface area contributed by atoms with Crippen LogP contribution in [0.3, 0.4) is 0 Å². The smallest absolute Gasteiger partial charge is 0.176 e. The first-order valence-corrected chi connectivity index (χ1v) is 9.01. The van der Waals surface area contributed by atoms with Gasteiger partial charge in [0.2, 0.25) is 0 Å². The Morgan fingerprint density at radius 3 is 2.61 bits per heavy atom. The van der Waals surface area contributed by atoms with Crippen LogP contribution in [0, 0.1) is 11.2 Å². The summed E-state index contributed by atoms with van der Waals surface area (Å²) in [4.78, 5) is 0. The predicted octanol–water partition coefficient (Wildman–Crippen LogP) is 5.33. The summed E-state index contributed by atoms with van der Waals surface area (Å²) >= 11 is 0. The molecule has 4 rings (SSSR count). The summed E-state index contributed by atoms with van der Waals surface area (Å²) in [6.07, 6.45) is 3.41. The van der Waals surface area contributed by atoms with Crippen LogP contribution >= 0.6 is 0 Å². The number of benzene rings is 3. The monoisotopic (exact) mass is 370 g/mol. The van der Waals surface area contributed by atoms with Crippen molar-refractivity contribution in [2.45, 2.75) is 12.8 Å². The van der Waals surface area contributed by atoms with Crippen molar-refractivity contribution in [1.82, 2.24) is 0 Å². The Kier molecular flexibility index (Phi) is 4.81. The summed E-state index contributed by atoms with van der Waals surface area (Å²) in [5.41, 5.74) is 6.83. The zero-order valence-electron chi connectivity index (χ0n) is 15.2. The minimum atomic E-state index is -0.183. The molecule has 0 atom stereocenters. The van der Waals surface area contributed by atoms with Gasteiger partial charge in [0.15, 0.2) is 5.84 Å². The highest BCUT2D eigenvalue weighted by molar-refractivity contribution is 5.98. The molecule has 0 aliphatic heterocycles. The number of nitrogens with one attached hydrogen (secondary N) is 1. The highest BCUT2D eigenvalue weighted by Crippen LogP contribution is 2.35. The molecule has 3 aromatic rings. The van der Waals surface area contributed by atoms with E-state index in [1.165, 1.54) is 6.07 Å². The predicted molar refractivity (Wildman–Crippen MR) is 110 cm³/mol. The minimum Gasteiger partial charge on any atom is -0.305 e. The van der Waals surface area contributed by atoms with Crippen molar-refractivity contribution in [2.75, 3.05) is 0 Å². The van der Waals surface area contributed by atoms with E-state index in [1.807, 2.05) is 42.5 Å². The summed E-state index contributed by atoms with van der Waals surface area (Å²) in [6, 6.07) is 20.8. The van der Waals surface area contributed by atoms with Gasteiger partial charge in [-0.1, -0.05) is 71.5 Å². The van der Waals surface area contributed by atoms with E-state index in [1.54, 1.807) is 6.07 Å². The van der Waals surface area contributed by atoms with Crippen LogP contribution in [-0.4, -0.2) is 5.84 Å². The molecule has 0 amide bonds. The number of hydrogen-bond acceptors (Lipinski definition) is 2. The minimum absolute atomic E-state index is 0.0200. The van der Waals surface area contributed by atoms with Crippen LogP contribution in [0.4, 0.5) is 4.39 Å². The lowest BCUT2D eigenvalue weighted by Gasteiger charge is -2.12. The summed E-state index contributed by atoms with van der Waals surface area (Å²) in [5, 5.41) is 14.8. The first-order chi connectivity index (χ1) is 13.7. The lowest BCUT2D eigenvalue weighted by molar-refractivity contribution is 0.613. The van der Waals surface area contributed by atoms with Crippen LogP contribution in [-0.2, 0) is 12.8 Å². The van der Waals surface area contributed by atoms with E-state index in [0.29, 0.717) is 24.0 Å². The molecule has 3 N–H and O–H groups in total. The van der Waals surface area contributed by atoms with Gasteiger partial charge in [-0.25, -0.2) is 4.39 Å². The van der Waals surface area contributed by atoms with Crippen molar-refractivity contribution in [3.63, 3.8) is 0 Å². The van der Waals surface area contributed by atoms with Gasteiger partial charge in [0, 0.05) is 5.56 Å². The molecule has 138 valence electrons. The molecule has 0 spiro atoms. The zero-order valence-corrected chi connectivity index (χ0v) is 15.2. The molecule has 3 aromatic carbocycles. The van der Waals surface area contributed by atoms with Gasteiger partial charge in [-0.2, -0.15) is 0 Å². The van der Waals surface area contributed by atoms with E-state index in [4.69, 9.17) is 11.3 Å². The topological polar surface area (TPSA) is 74.6 Å². The van der Waals surface area contributed by atoms with Crippen molar-refractivity contribution in [3.8, 4) is 11.1 Å². The van der Waals surface area contributed by atoms with Crippen molar-refractivity contribution in [2.24, 2.45) is 16.2 Å². The van der Waals surface area contributed by atoms with E-state index in [-0.39, 0.29) is 11.7 Å². The number of hydrogen-bond donors (Lipinski definition) is 2. The Morgan fingerprint density at radius 2 is 1.79 bits per heavy atom. The number of nitrogens with zero attached hydrogens (tertiary/aromatic N) is 2. The lowest BCUT2D eigenvalue weighted by atomic mass is 9.93. The molecule has 0 aromatic heterocycles. The Labute approximate surface area is 162 Å². The lowest BCUT2D eigenvalue weighted by Crippen LogP contribution is -2.00. The number of halogens is 1. The Balaban J connectivity index is 1.80. The molecule has 1 aliphatic carbocycles. The van der Waals surface area contributed by atoms with Gasteiger partial charge in [-0.15, -0.1) is 5.11 Å². The molecule has 0 unspecified atom stereocenters. The van der Waals surface area contributed by atoms with Crippen molar-refractivity contribution >= 4 is 11.9 Å². The first kappa shape index (κ1) is 17.8. The normalized spacial score (nSPS) is 12.8. The fraction of sp³-hybridized carbons (Fsp3) is 0.0870. The van der Waals surface area contributed by atoms with Crippen LogP contribution in [0.1, 0.15) is 22.3 Å². The Morgan fingerprint density at radius 1 is 1.00 bits per heavy atom. The fourth-order valence-corrected chi connectivity index (χ4v) is 3.63. The van der Waals surface area contributed by atoms with E-state index in [0.717, 1.165) is 27.8 Å². The second-order valence-electron chi connectivity index (χ2n) is 6.77. The average molecular weight is 370 g/mol. The van der Waals surface area contributed by atoms with Gasteiger partial charge < -0.3 is 5.84 Å². The summed E-state index contributed by atoms with van der Waals surface area (Å²) in [6.45, 7) is 0. The van der Waals surface area contributed by atoms with Gasteiger partial charge in [0.25, 0.3) is 0 Å².